The van der Waals surface area contributed by atoms with Gasteiger partial charge in [0.1, 0.15) is 10.7 Å². The fourth-order valence-electron chi connectivity index (χ4n) is 1.56. The first-order valence-corrected chi connectivity index (χ1v) is 6.34. The van der Waals surface area contributed by atoms with Crippen LogP contribution in [-0.2, 0) is 10.7 Å². The zero-order valence-electron chi connectivity index (χ0n) is 9.91. The molecule has 1 aromatic carbocycles. The number of thiol groups is 1. The molecule has 0 N–H and O–H groups in total. The van der Waals surface area contributed by atoms with Gasteiger partial charge in [0.2, 0.25) is 0 Å². The molecule has 94 valence electrons. The summed E-state index contributed by atoms with van der Waals surface area (Å²) in [5.41, 5.74) is 0.409. The van der Waals surface area contributed by atoms with E-state index < -0.39 is 26.3 Å². The number of rotatable bonds is 4. The summed E-state index contributed by atoms with van der Waals surface area (Å²) < 4.78 is 21.4. The highest BCUT2D eigenvalue weighted by atomic mass is 32.2. The Labute approximate surface area is 102 Å². The van der Waals surface area contributed by atoms with Crippen LogP contribution in [0.5, 0.6) is 0 Å². The minimum Gasteiger partial charge on any atom is -0.258 e. The summed E-state index contributed by atoms with van der Waals surface area (Å²) in [7, 11) is -2.66. The summed E-state index contributed by atoms with van der Waals surface area (Å²) in [5.74, 6) is -0.440. The van der Waals surface area contributed by atoms with Crippen molar-refractivity contribution in [2.75, 3.05) is 0 Å². The van der Waals surface area contributed by atoms with Crippen molar-refractivity contribution in [1.82, 2.24) is 0 Å². The normalized spacial score (nSPS) is 13.6. The molecular weight excluding hydrogens is 242 g/mol. The molecule has 1 unspecified atom stereocenters. The molecule has 0 radical (unpaired) electrons. The van der Waals surface area contributed by atoms with Crippen molar-refractivity contribution in [2.45, 2.75) is 31.4 Å². The molecule has 17 heavy (non-hydrogen) atoms. The van der Waals surface area contributed by atoms with Crippen LogP contribution in [0, 0.1) is 10.1 Å². The Morgan fingerprint density at radius 2 is 1.82 bits per heavy atom. The van der Waals surface area contributed by atoms with E-state index in [4.69, 9.17) is 0 Å². The third-order valence-corrected chi connectivity index (χ3v) is 4.46. The first-order valence-electron chi connectivity index (χ1n) is 5.16. The van der Waals surface area contributed by atoms with Gasteiger partial charge in [-0.15, -0.1) is 0 Å². The van der Waals surface area contributed by atoms with Gasteiger partial charge in [-0.1, -0.05) is 25.1 Å². The van der Waals surface area contributed by atoms with E-state index in [0.717, 1.165) is 0 Å². The number of benzene rings is 1. The standard InChI is InChI=1S/C11H15NO4S/c1-8(11(2,3)17(15)16)9-6-4-5-7-10(9)12(13)14/h4-8,17H,1-3H3. The highest BCUT2D eigenvalue weighted by molar-refractivity contribution is 7.74. The lowest BCUT2D eigenvalue weighted by atomic mass is 9.88. The largest absolute Gasteiger partial charge is 0.272 e. The molecule has 5 nitrogen and oxygen atoms in total. The SMILES string of the molecule is CC(c1ccccc1[N+](=O)[O-])C(C)(C)[SH](=O)=O. The molecule has 0 aliphatic rings. The van der Waals surface area contributed by atoms with Crippen LogP contribution in [0.2, 0.25) is 0 Å². The van der Waals surface area contributed by atoms with Crippen molar-refractivity contribution in [3.05, 3.63) is 39.9 Å². The third kappa shape index (κ3) is 2.63. The smallest absolute Gasteiger partial charge is 0.258 e. The van der Waals surface area contributed by atoms with E-state index in [9.17, 15) is 18.5 Å². The van der Waals surface area contributed by atoms with Crippen LogP contribution in [0.25, 0.3) is 0 Å². The molecule has 0 aliphatic carbocycles. The second kappa shape index (κ2) is 4.83. The van der Waals surface area contributed by atoms with Crippen molar-refractivity contribution >= 4 is 16.4 Å². The van der Waals surface area contributed by atoms with E-state index >= 15 is 0 Å². The molecule has 0 spiro atoms. The van der Waals surface area contributed by atoms with Gasteiger partial charge in [-0.05, 0) is 13.8 Å². The van der Waals surface area contributed by atoms with Gasteiger partial charge in [-0.3, -0.25) is 10.1 Å². The van der Waals surface area contributed by atoms with E-state index in [0.29, 0.717) is 5.56 Å². The van der Waals surface area contributed by atoms with Gasteiger partial charge in [-0.2, -0.15) is 0 Å². The average Bonchev–Trinajstić information content (AvgIpc) is 2.27. The van der Waals surface area contributed by atoms with Gasteiger partial charge in [-0.25, -0.2) is 8.42 Å². The molecule has 0 heterocycles. The number of hydrogen-bond acceptors (Lipinski definition) is 4. The van der Waals surface area contributed by atoms with Crippen molar-refractivity contribution in [3.63, 3.8) is 0 Å². The van der Waals surface area contributed by atoms with Crippen molar-refractivity contribution in [3.8, 4) is 0 Å². The monoisotopic (exact) mass is 257 g/mol. The topological polar surface area (TPSA) is 77.3 Å². The second-order valence-corrected chi connectivity index (χ2v) is 6.12. The van der Waals surface area contributed by atoms with Gasteiger partial charge in [0.15, 0.2) is 0 Å². The van der Waals surface area contributed by atoms with Crippen LogP contribution in [-0.4, -0.2) is 18.1 Å². The van der Waals surface area contributed by atoms with E-state index in [1.165, 1.54) is 6.07 Å². The maximum absolute atomic E-state index is 11.2. The van der Waals surface area contributed by atoms with E-state index in [2.05, 4.69) is 0 Å². The van der Waals surface area contributed by atoms with E-state index in [1.807, 2.05) is 0 Å². The third-order valence-electron chi connectivity index (χ3n) is 3.13. The van der Waals surface area contributed by atoms with Crippen molar-refractivity contribution in [1.29, 1.82) is 0 Å². The molecule has 1 aromatic rings. The van der Waals surface area contributed by atoms with Gasteiger partial charge < -0.3 is 0 Å². The van der Waals surface area contributed by atoms with Crippen LogP contribution in [0.1, 0.15) is 32.3 Å². The highest BCUT2D eigenvalue weighted by Crippen LogP contribution is 2.35. The summed E-state index contributed by atoms with van der Waals surface area (Å²) in [6, 6.07) is 6.23. The van der Waals surface area contributed by atoms with Crippen LogP contribution in [0.3, 0.4) is 0 Å². The lowest BCUT2D eigenvalue weighted by Crippen LogP contribution is -2.29. The number of nitro benzene ring substituents is 1. The molecule has 0 bridgehead atoms. The fourth-order valence-corrected chi connectivity index (χ4v) is 2.01. The molecule has 0 amide bonds. The summed E-state index contributed by atoms with van der Waals surface area (Å²) in [6.45, 7) is 4.83. The first kappa shape index (κ1) is 13.6. The predicted molar refractivity (Wildman–Crippen MR) is 65.9 cm³/mol. The van der Waals surface area contributed by atoms with E-state index in [-0.39, 0.29) is 5.69 Å². The van der Waals surface area contributed by atoms with Crippen molar-refractivity contribution < 1.29 is 13.3 Å². The Hall–Kier alpha value is -1.43. The molecule has 6 heteroatoms. The fraction of sp³-hybridized carbons (Fsp3) is 0.455. The number of nitrogens with zero attached hydrogens (tertiary/aromatic N) is 1. The lowest BCUT2D eigenvalue weighted by molar-refractivity contribution is -0.385. The minimum atomic E-state index is -2.66. The summed E-state index contributed by atoms with van der Waals surface area (Å²) in [5, 5.41) is 10.9. The molecule has 0 aliphatic heterocycles. The van der Waals surface area contributed by atoms with Crippen LogP contribution < -0.4 is 0 Å². The average molecular weight is 257 g/mol. The number of hydrogen-bond donors (Lipinski definition) is 1. The quantitative estimate of drug-likeness (QED) is 0.509. The van der Waals surface area contributed by atoms with Gasteiger partial charge in [0.25, 0.3) is 5.69 Å². The van der Waals surface area contributed by atoms with Gasteiger partial charge in [0, 0.05) is 17.5 Å². The maximum atomic E-state index is 11.2. The Morgan fingerprint density at radius 3 is 2.29 bits per heavy atom. The Balaban J connectivity index is 3.30. The van der Waals surface area contributed by atoms with Crippen LogP contribution >= 0.6 is 0 Å². The zero-order valence-corrected chi connectivity index (χ0v) is 10.8. The highest BCUT2D eigenvalue weighted by Gasteiger charge is 2.34. The molecular formula is C11H15NO4S. The minimum absolute atomic E-state index is 0.0371. The molecule has 0 fully saturated rings. The molecule has 1 rings (SSSR count). The number of nitro groups is 1. The van der Waals surface area contributed by atoms with Gasteiger partial charge in [0.05, 0.1) is 9.67 Å². The maximum Gasteiger partial charge on any atom is 0.272 e. The van der Waals surface area contributed by atoms with Gasteiger partial charge >= 0.3 is 0 Å². The van der Waals surface area contributed by atoms with Crippen LogP contribution in [0.15, 0.2) is 24.3 Å². The lowest BCUT2D eigenvalue weighted by Gasteiger charge is -2.25. The second-order valence-electron chi connectivity index (χ2n) is 4.45. The summed E-state index contributed by atoms with van der Waals surface area (Å²) in [6.07, 6.45) is 0. The molecule has 1 atom stereocenters. The first-order chi connectivity index (χ1) is 7.78. The summed E-state index contributed by atoms with van der Waals surface area (Å²) >= 11 is 0. The molecule has 0 saturated heterocycles. The molecule has 0 aromatic heterocycles. The van der Waals surface area contributed by atoms with Crippen molar-refractivity contribution in [2.24, 2.45) is 0 Å². The summed E-state index contributed by atoms with van der Waals surface area (Å²) in [4.78, 5) is 10.4. The zero-order chi connectivity index (χ0) is 13.2. The predicted octanol–water partition coefficient (Wildman–Crippen LogP) is 2.09. The Kier molecular flexibility index (Phi) is 3.87. The Bertz CT molecular complexity index is 500. The van der Waals surface area contributed by atoms with Crippen LogP contribution in [0.4, 0.5) is 5.69 Å². The number of para-hydroxylation sites is 1. The Morgan fingerprint density at radius 1 is 1.29 bits per heavy atom. The van der Waals surface area contributed by atoms with E-state index in [1.54, 1.807) is 39.0 Å². The molecule has 0 saturated carbocycles.